The van der Waals surface area contributed by atoms with Crippen molar-refractivity contribution in [2.75, 3.05) is 0 Å². The van der Waals surface area contributed by atoms with Crippen LogP contribution in [-0.4, -0.2) is 0 Å². The zero-order valence-electron chi connectivity index (χ0n) is 12.8. The van der Waals surface area contributed by atoms with E-state index in [0.29, 0.717) is 0 Å². The van der Waals surface area contributed by atoms with Crippen LogP contribution in [0.5, 0.6) is 0 Å². The quantitative estimate of drug-likeness (QED) is 0.607. The molecule has 0 aliphatic rings. The first-order chi connectivity index (χ1) is 10.1. The molecule has 0 unspecified atom stereocenters. The normalized spacial score (nSPS) is 10.6. The summed E-state index contributed by atoms with van der Waals surface area (Å²) < 4.78 is 2.21. The molecule has 1 nitrogen and oxygen atoms in total. The van der Waals surface area contributed by atoms with E-state index in [1.54, 1.807) is 0 Å². The first kappa shape index (κ1) is 13.6. The van der Waals surface area contributed by atoms with E-state index in [2.05, 4.69) is 86.3 Å². The third-order valence-corrected chi connectivity index (χ3v) is 3.91. The number of rotatable bonds is 2. The summed E-state index contributed by atoms with van der Waals surface area (Å²) in [5, 5.41) is 0. The minimum atomic E-state index is 1.24. The second-order valence-electron chi connectivity index (χ2n) is 5.60. The lowest BCUT2D eigenvalue weighted by atomic mass is 10.0. The van der Waals surface area contributed by atoms with Gasteiger partial charge in [0.15, 0.2) is 6.20 Å². The third kappa shape index (κ3) is 2.73. The Morgan fingerprint density at radius 2 is 1.52 bits per heavy atom. The molecule has 21 heavy (non-hydrogen) atoms. The Morgan fingerprint density at radius 3 is 2.24 bits per heavy atom. The Labute approximate surface area is 126 Å². The van der Waals surface area contributed by atoms with Gasteiger partial charge in [-0.3, -0.25) is 0 Å². The number of nitrogens with zero attached hydrogens (tertiary/aromatic N) is 1. The molecule has 0 amide bonds. The molecule has 0 radical (unpaired) electrons. The zero-order valence-corrected chi connectivity index (χ0v) is 12.8. The maximum absolute atomic E-state index is 2.26. The molecule has 3 rings (SSSR count). The summed E-state index contributed by atoms with van der Waals surface area (Å²) in [6.45, 7) is 4.31. The number of hydrogen-bond donors (Lipinski definition) is 0. The summed E-state index contributed by atoms with van der Waals surface area (Å²) in [5.74, 6) is 0. The molecule has 0 saturated heterocycles. The average molecular weight is 274 g/mol. The maximum Gasteiger partial charge on any atom is 0.212 e. The first-order valence-electron chi connectivity index (χ1n) is 7.28. The summed E-state index contributed by atoms with van der Waals surface area (Å²) in [7, 11) is 2.11. The summed E-state index contributed by atoms with van der Waals surface area (Å²) in [5.41, 5.74) is 7.65. The fourth-order valence-corrected chi connectivity index (χ4v) is 2.70. The van der Waals surface area contributed by atoms with Gasteiger partial charge < -0.3 is 0 Å². The number of hydrogen-bond acceptors (Lipinski definition) is 0. The molecule has 0 aliphatic carbocycles. The van der Waals surface area contributed by atoms with Gasteiger partial charge in [0.1, 0.15) is 7.05 Å². The van der Waals surface area contributed by atoms with Crippen molar-refractivity contribution in [3.8, 4) is 22.4 Å². The minimum absolute atomic E-state index is 1.24. The van der Waals surface area contributed by atoms with E-state index in [4.69, 9.17) is 0 Å². The van der Waals surface area contributed by atoms with Gasteiger partial charge in [0.05, 0.1) is 0 Å². The van der Waals surface area contributed by atoms with Gasteiger partial charge in [0.25, 0.3) is 0 Å². The highest BCUT2D eigenvalue weighted by Gasteiger charge is 2.13. The van der Waals surface area contributed by atoms with Gasteiger partial charge in [-0.25, -0.2) is 4.57 Å². The fraction of sp³-hybridized carbons (Fsp3) is 0.150. The topological polar surface area (TPSA) is 3.88 Å². The highest BCUT2D eigenvalue weighted by molar-refractivity contribution is 5.66. The van der Waals surface area contributed by atoms with E-state index in [1.165, 1.54) is 33.5 Å². The lowest BCUT2D eigenvalue weighted by Gasteiger charge is -2.07. The van der Waals surface area contributed by atoms with Gasteiger partial charge in [0.2, 0.25) is 5.69 Å². The number of pyridine rings is 1. The second kappa shape index (κ2) is 5.53. The predicted octanol–water partition coefficient (Wildman–Crippen LogP) is 4.46. The van der Waals surface area contributed by atoms with Crippen LogP contribution in [0.2, 0.25) is 0 Å². The van der Waals surface area contributed by atoms with E-state index in [9.17, 15) is 0 Å². The Hall–Kier alpha value is -2.41. The van der Waals surface area contributed by atoms with Crippen LogP contribution in [0.25, 0.3) is 22.4 Å². The number of benzene rings is 2. The van der Waals surface area contributed by atoms with E-state index in [0.717, 1.165) is 0 Å². The number of aromatic nitrogens is 1. The molecule has 1 heterocycles. The molecule has 0 fully saturated rings. The van der Waals surface area contributed by atoms with Crippen molar-refractivity contribution >= 4 is 0 Å². The Bertz CT molecular complexity index is 773. The van der Waals surface area contributed by atoms with E-state index in [1.807, 2.05) is 6.07 Å². The van der Waals surface area contributed by atoms with Crippen LogP contribution in [0.1, 0.15) is 11.1 Å². The van der Waals surface area contributed by atoms with E-state index >= 15 is 0 Å². The predicted molar refractivity (Wildman–Crippen MR) is 88.0 cm³/mol. The Balaban J connectivity index is 2.08. The lowest BCUT2D eigenvalue weighted by molar-refractivity contribution is -0.659. The molecule has 0 bridgehead atoms. The molecular weight excluding hydrogens is 254 g/mol. The molecule has 2 aromatic carbocycles. The van der Waals surface area contributed by atoms with Crippen LogP contribution < -0.4 is 4.57 Å². The molecule has 0 aliphatic heterocycles. The Morgan fingerprint density at radius 1 is 0.762 bits per heavy atom. The van der Waals surface area contributed by atoms with Crippen LogP contribution in [0.15, 0.2) is 66.9 Å². The monoisotopic (exact) mass is 274 g/mol. The van der Waals surface area contributed by atoms with Gasteiger partial charge in [-0.1, -0.05) is 48.0 Å². The van der Waals surface area contributed by atoms with Crippen molar-refractivity contribution in [1.82, 2.24) is 0 Å². The SMILES string of the molecule is Cc1ccc(C)c(-c2ccc(-c3ccccc3)c[n+]2C)c1. The third-order valence-electron chi connectivity index (χ3n) is 3.91. The summed E-state index contributed by atoms with van der Waals surface area (Å²) in [6, 6.07) is 21.5. The number of aryl methyl sites for hydroxylation is 3. The molecule has 0 atom stereocenters. The summed E-state index contributed by atoms with van der Waals surface area (Å²) in [4.78, 5) is 0. The van der Waals surface area contributed by atoms with Gasteiger partial charge in [-0.2, -0.15) is 0 Å². The van der Waals surface area contributed by atoms with Gasteiger partial charge >= 0.3 is 0 Å². The van der Waals surface area contributed by atoms with Crippen molar-refractivity contribution in [3.05, 3.63) is 78.0 Å². The first-order valence-corrected chi connectivity index (χ1v) is 7.28. The lowest BCUT2D eigenvalue weighted by Crippen LogP contribution is -2.30. The molecule has 0 saturated carbocycles. The van der Waals surface area contributed by atoms with Crippen LogP contribution in [0.4, 0.5) is 0 Å². The van der Waals surface area contributed by atoms with Gasteiger partial charge in [0, 0.05) is 17.2 Å². The van der Waals surface area contributed by atoms with Crippen molar-refractivity contribution in [2.24, 2.45) is 7.05 Å². The highest BCUT2D eigenvalue weighted by Crippen LogP contribution is 2.24. The van der Waals surface area contributed by atoms with Crippen molar-refractivity contribution in [3.63, 3.8) is 0 Å². The van der Waals surface area contributed by atoms with Gasteiger partial charge in [-0.05, 0) is 37.1 Å². The van der Waals surface area contributed by atoms with Crippen molar-refractivity contribution < 1.29 is 4.57 Å². The molecule has 1 heteroatoms. The maximum atomic E-state index is 2.26. The van der Waals surface area contributed by atoms with Crippen LogP contribution >= 0.6 is 0 Å². The molecule has 1 aromatic heterocycles. The van der Waals surface area contributed by atoms with E-state index in [-0.39, 0.29) is 0 Å². The largest absolute Gasteiger partial charge is 0.212 e. The van der Waals surface area contributed by atoms with Gasteiger partial charge in [-0.15, -0.1) is 0 Å². The van der Waals surface area contributed by atoms with Crippen LogP contribution in [0.3, 0.4) is 0 Å². The molecule has 0 spiro atoms. The van der Waals surface area contributed by atoms with E-state index < -0.39 is 0 Å². The zero-order chi connectivity index (χ0) is 14.8. The average Bonchev–Trinajstić information content (AvgIpc) is 2.51. The molecule has 3 aromatic rings. The second-order valence-corrected chi connectivity index (χ2v) is 5.60. The Kier molecular flexibility index (Phi) is 3.57. The summed E-state index contributed by atoms with van der Waals surface area (Å²) in [6.07, 6.45) is 2.20. The van der Waals surface area contributed by atoms with Crippen LogP contribution in [-0.2, 0) is 7.05 Å². The standard InChI is InChI=1S/C20H20N/c1-15-9-10-16(2)19(13-15)20-12-11-18(14-21(20)3)17-7-5-4-6-8-17/h4-14H,1-3H3/q+1. The minimum Gasteiger partial charge on any atom is -0.200 e. The fourth-order valence-electron chi connectivity index (χ4n) is 2.70. The molecular formula is C20H20N+. The van der Waals surface area contributed by atoms with Crippen LogP contribution in [0, 0.1) is 13.8 Å². The van der Waals surface area contributed by atoms with Crippen molar-refractivity contribution in [2.45, 2.75) is 13.8 Å². The highest BCUT2D eigenvalue weighted by atomic mass is 14.9. The van der Waals surface area contributed by atoms with Crippen molar-refractivity contribution in [1.29, 1.82) is 0 Å². The molecule has 0 N–H and O–H groups in total. The smallest absolute Gasteiger partial charge is 0.200 e. The summed E-state index contributed by atoms with van der Waals surface area (Å²) >= 11 is 0. The molecule has 104 valence electrons.